The van der Waals surface area contributed by atoms with Crippen molar-refractivity contribution in [3.8, 4) is 0 Å². The van der Waals surface area contributed by atoms with E-state index in [2.05, 4.69) is 17.6 Å². The third-order valence-corrected chi connectivity index (χ3v) is 1.62. The maximum atomic E-state index is 13.2. The van der Waals surface area contributed by atoms with Crippen molar-refractivity contribution >= 4 is 11.6 Å². The Labute approximate surface area is 81.8 Å². The molecule has 0 saturated heterocycles. The van der Waals surface area contributed by atoms with Gasteiger partial charge in [0.1, 0.15) is 5.82 Å². The fourth-order valence-electron chi connectivity index (χ4n) is 0.983. The van der Waals surface area contributed by atoms with Gasteiger partial charge in [-0.15, -0.1) is 5.73 Å². The molecule has 0 aliphatic rings. The van der Waals surface area contributed by atoms with Crippen molar-refractivity contribution in [3.63, 3.8) is 0 Å². The van der Waals surface area contributed by atoms with E-state index in [0.717, 1.165) is 11.6 Å². The predicted molar refractivity (Wildman–Crippen MR) is 53.5 cm³/mol. The van der Waals surface area contributed by atoms with Crippen LogP contribution < -0.4 is 5.32 Å². The lowest BCUT2D eigenvalue weighted by atomic mass is 10.2. The first kappa shape index (κ1) is 10.2. The zero-order valence-corrected chi connectivity index (χ0v) is 7.80. The Hall–Kier alpha value is -1.86. The number of benzene rings is 1. The van der Waals surface area contributed by atoms with Gasteiger partial charge < -0.3 is 5.32 Å². The second-order valence-corrected chi connectivity index (χ2v) is 2.82. The number of anilines is 1. The van der Waals surface area contributed by atoms with E-state index < -0.39 is 11.7 Å². The molecule has 1 aromatic rings. The van der Waals surface area contributed by atoms with Gasteiger partial charge in [0.25, 0.3) is 5.91 Å². The maximum Gasteiger partial charge on any atom is 0.256 e. The van der Waals surface area contributed by atoms with Crippen molar-refractivity contribution in [2.24, 2.45) is 0 Å². The minimum absolute atomic E-state index is 0.159. The highest BCUT2D eigenvalue weighted by molar-refractivity contribution is 5.99. The first-order chi connectivity index (χ1) is 6.63. The second-order valence-electron chi connectivity index (χ2n) is 2.82. The molecule has 0 aliphatic carbocycles. The minimum atomic E-state index is -0.448. The molecule has 0 radical (unpaired) electrons. The monoisotopic (exact) mass is 191 g/mol. The molecule has 14 heavy (non-hydrogen) atoms. The molecular formula is C11H10FNO. The molecule has 0 aliphatic heterocycles. The van der Waals surface area contributed by atoms with Crippen LogP contribution in [-0.4, -0.2) is 5.91 Å². The molecule has 0 atom stereocenters. The number of rotatable bonds is 2. The smallest absolute Gasteiger partial charge is 0.256 e. The molecule has 1 amide bonds. The summed E-state index contributed by atoms with van der Waals surface area (Å²) >= 11 is 0. The number of nitrogens with one attached hydrogen (secondary N) is 1. The van der Waals surface area contributed by atoms with E-state index in [9.17, 15) is 9.18 Å². The van der Waals surface area contributed by atoms with E-state index in [1.54, 1.807) is 13.0 Å². The van der Waals surface area contributed by atoms with Crippen LogP contribution in [0.1, 0.15) is 5.56 Å². The fraction of sp³-hybridized carbons (Fsp3) is 0.0909. The Morgan fingerprint density at radius 2 is 2.36 bits per heavy atom. The van der Waals surface area contributed by atoms with Gasteiger partial charge in [0.2, 0.25) is 0 Å². The molecule has 0 spiro atoms. The van der Waals surface area contributed by atoms with Crippen molar-refractivity contribution in [2.75, 3.05) is 5.32 Å². The second kappa shape index (κ2) is 4.40. The molecule has 0 saturated carbocycles. The summed E-state index contributed by atoms with van der Waals surface area (Å²) in [5.74, 6) is -0.890. The van der Waals surface area contributed by atoms with E-state index in [1.165, 1.54) is 12.1 Å². The van der Waals surface area contributed by atoms with Crippen LogP contribution in [0, 0.1) is 12.7 Å². The lowest BCUT2D eigenvalue weighted by molar-refractivity contribution is -0.111. The highest BCUT2D eigenvalue weighted by atomic mass is 19.1. The van der Waals surface area contributed by atoms with Gasteiger partial charge in [0, 0.05) is 6.08 Å². The molecule has 2 nitrogen and oxygen atoms in total. The van der Waals surface area contributed by atoms with Crippen molar-refractivity contribution < 1.29 is 9.18 Å². The van der Waals surface area contributed by atoms with Crippen molar-refractivity contribution in [3.05, 3.63) is 48.0 Å². The zero-order chi connectivity index (χ0) is 10.6. The molecule has 0 aromatic heterocycles. The van der Waals surface area contributed by atoms with Gasteiger partial charge in [-0.2, -0.15) is 0 Å². The number of hydrogen-bond acceptors (Lipinski definition) is 1. The molecule has 3 heteroatoms. The molecular weight excluding hydrogens is 181 g/mol. The molecule has 0 unspecified atom stereocenters. The predicted octanol–water partition coefficient (Wildman–Crippen LogP) is 2.41. The van der Waals surface area contributed by atoms with Crippen LogP contribution >= 0.6 is 0 Å². The Balaban J connectivity index is 2.87. The Kier molecular flexibility index (Phi) is 3.21. The van der Waals surface area contributed by atoms with Crippen LogP contribution in [0.25, 0.3) is 0 Å². The van der Waals surface area contributed by atoms with Crippen LogP contribution in [0.15, 0.2) is 36.6 Å². The zero-order valence-electron chi connectivity index (χ0n) is 7.80. The van der Waals surface area contributed by atoms with E-state index in [1.807, 2.05) is 0 Å². The first-order valence-corrected chi connectivity index (χ1v) is 4.06. The third kappa shape index (κ3) is 2.57. The average molecular weight is 191 g/mol. The van der Waals surface area contributed by atoms with E-state index >= 15 is 0 Å². The lowest BCUT2D eigenvalue weighted by Gasteiger charge is -2.03. The normalized spacial score (nSPS) is 9.00. The van der Waals surface area contributed by atoms with Crippen LogP contribution in [0.3, 0.4) is 0 Å². The molecule has 0 bridgehead atoms. The number of hydrogen-bond donors (Lipinski definition) is 1. The number of carbonyl (C=O) groups is 1. The standard InChI is InChI=1S/C11H10FNO/c1-3-4-11(14)13-10-6-5-8(2)7-9(10)12/h4-7H,1H2,2H3,(H,13,14). The number of carbonyl (C=O) groups excluding carboxylic acids is 1. The minimum Gasteiger partial charge on any atom is -0.319 e. The highest BCUT2D eigenvalue weighted by Gasteiger charge is 2.03. The van der Waals surface area contributed by atoms with E-state index in [4.69, 9.17) is 0 Å². The van der Waals surface area contributed by atoms with Crippen molar-refractivity contribution in [1.29, 1.82) is 0 Å². The summed E-state index contributed by atoms with van der Waals surface area (Å²) < 4.78 is 13.2. The van der Waals surface area contributed by atoms with Gasteiger partial charge >= 0.3 is 0 Å². The molecule has 72 valence electrons. The van der Waals surface area contributed by atoms with E-state index in [0.29, 0.717) is 0 Å². The van der Waals surface area contributed by atoms with E-state index in [-0.39, 0.29) is 5.69 Å². The summed E-state index contributed by atoms with van der Waals surface area (Å²) in [5.41, 5.74) is 3.27. The summed E-state index contributed by atoms with van der Waals surface area (Å²) in [6, 6.07) is 4.59. The maximum absolute atomic E-state index is 13.2. The number of amides is 1. The highest BCUT2D eigenvalue weighted by Crippen LogP contribution is 2.14. The summed E-state index contributed by atoms with van der Waals surface area (Å²) in [7, 11) is 0. The summed E-state index contributed by atoms with van der Waals surface area (Å²) in [6.07, 6.45) is 1.11. The number of aryl methyl sites for hydroxylation is 1. The largest absolute Gasteiger partial charge is 0.319 e. The average Bonchev–Trinajstić information content (AvgIpc) is 2.10. The van der Waals surface area contributed by atoms with Crippen LogP contribution in [0.4, 0.5) is 10.1 Å². The summed E-state index contributed by atoms with van der Waals surface area (Å²) in [6.45, 7) is 5.02. The van der Waals surface area contributed by atoms with Crippen LogP contribution in [0.2, 0.25) is 0 Å². The Morgan fingerprint density at radius 1 is 1.64 bits per heavy atom. The molecule has 1 rings (SSSR count). The fourth-order valence-corrected chi connectivity index (χ4v) is 0.983. The molecule has 1 aromatic carbocycles. The molecule has 0 fully saturated rings. The van der Waals surface area contributed by atoms with Gasteiger partial charge in [-0.05, 0) is 24.6 Å². The quantitative estimate of drug-likeness (QED) is 0.564. The van der Waals surface area contributed by atoms with Crippen LogP contribution in [-0.2, 0) is 4.79 Å². The van der Waals surface area contributed by atoms with Gasteiger partial charge in [0.15, 0.2) is 0 Å². The topological polar surface area (TPSA) is 29.1 Å². The van der Waals surface area contributed by atoms with Gasteiger partial charge in [-0.3, -0.25) is 4.79 Å². The Morgan fingerprint density at radius 3 is 2.93 bits per heavy atom. The SMILES string of the molecule is C=C=CC(=O)Nc1ccc(C)cc1F. The van der Waals surface area contributed by atoms with Crippen molar-refractivity contribution in [2.45, 2.75) is 6.92 Å². The third-order valence-electron chi connectivity index (χ3n) is 1.62. The van der Waals surface area contributed by atoms with Gasteiger partial charge in [-0.1, -0.05) is 12.6 Å². The molecule has 0 heterocycles. The van der Waals surface area contributed by atoms with Gasteiger partial charge in [0.05, 0.1) is 5.69 Å². The van der Waals surface area contributed by atoms with Crippen LogP contribution in [0.5, 0.6) is 0 Å². The first-order valence-electron chi connectivity index (χ1n) is 4.06. The lowest BCUT2D eigenvalue weighted by Crippen LogP contribution is -2.08. The summed E-state index contributed by atoms with van der Waals surface area (Å²) in [4.78, 5) is 11.0. The van der Waals surface area contributed by atoms with Crippen molar-refractivity contribution in [1.82, 2.24) is 0 Å². The number of halogens is 1. The van der Waals surface area contributed by atoms with Gasteiger partial charge in [-0.25, -0.2) is 4.39 Å². The molecule has 1 N–H and O–H groups in total. The summed E-state index contributed by atoms with van der Waals surface area (Å²) in [5, 5.41) is 2.37. The Bertz CT molecular complexity index is 406.